The number of halogens is 2. The van der Waals surface area contributed by atoms with E-state index in [2.05, 4.69) is 29.1 Å². The number of amides is 1. The second kappa shape index (κ2) is 8.33. The summed E-state index contributed by atoms with van der Waals surface area (Å²) in [5.74, 6) is -1.74. The molecule has 1 N–H and O–H groups in total. The SMILES string of the molecule is CCCN(CCC)c1cc(C(=O)Nc2c(F)cccc2F)ncn1. The molecule has 1 aromatic carbocycles. The predicted octanol–water partition coefficient (Wildman–Crippen LogP) is 3.63. The van der Waals surface area contributed by atoms with Crippen LogP contribution in [0.15, 0.2) is 30.6 Å². The Morgan fingerprint density at radius 2 is 1.75 bits per heavy atom. The summed E-state index contributed by atoms with van der Waals surface area (Å²) < 4.78 is 27.3. The van der Waals surface area contributed by atoms with Crippen LogP contribution >= 0.6 is 0 Å². The highest BCUT2D eigenvalue weighted by Crippen LogP contribution is 2.19. The highest BCUT2D eigenvalue weighted by atomic mass is 19.1. The maximum Gasteiger partial charge on any atom is 0.274 e. The lowest BCUT2D eigenvalue weighted by Crippen LogP contribution is -2.26. The van der Waals surface area contributed by atoms with Crippen LogP contribution in [0.5, 0.6) is 0 Å². The fourth-order valence-corrected chi connectivity index (χ4v) is 2.32. The van der Waals surface area contributed by atoms with Gasteiger partial charge in [-0.05, 0) is 25.0 Å². The van der Waals surface area contributed by atoms with Crippen LogP contribution in [0.2, 0.25) is 0 Å². The molecule has 0 saturated carbocycles. The summed E-state index contributed by atoms with van der Waals surface area (Å²) in [5, 5.41) is 2.23. The zero-order valence-corrected chi connectivity index (χ0v) is 13.7. The molecule has 1 amide bonds. The third kappa shape index (κ3) is 4.24. The summed E-state index contributed by atoms with van der Waals surface area (Å²) in [5.41, 5.74) is -0.429. The first-order chi connectivity index (χ1) is 11.6. The van der Waals surface area contributed by atoms with Crippen molar-refractivity contribution < 1.29 is 13.6 Å². The van der Waals surface area contributed by atoms with Gasteiger partial charge in [-0.1, -0.05) is 19.9 Å². The zero-order valence-electron chi connectivity index (χ0n) is 13.7. The predicted molar refractivity (Wildman–Crippen MR) is 89.1 cm³/mol. The number of anilines is 2. The molecule has 0 unspecified atom stereocenters. The van der Waals surface area contributed by atoms with Gasteiger partial charge in [0.05, 0.1) is 0 Å². The lowest BCUT2D eigenvalue weighted by Gasteiger charge is -2.22. The molecule has 128 valence electrons. The van der Waals surface area contributed by atoms with E-state index in [1.54, 1.807) is 0 Å². The number of carbonyl (C=O) groups is 1. The fourth-order valence-electron chi connectivity index (χ4n) is 2.32. The maximum atomic E-state index is 13.6. The lowest BCUT2D eigenvalue weighted by molar-refractivity contribution is 0.102. The van der Waals surface area contributed by atoms with Crippen LogP contribution in [-0.2, 0) is 0 Å². The summed E-state index contributed by atoms with van der Waals surface area (Å²) in [6, 6.07) is 4.92. The number of hydrogen-bond donors (Lipinski definition) is 1. The van der Waals surface area contributed by atoms with Crippen LogP contribution in [0, 0.1) is 11.6 Å². The Labute approximate surface area is 139 Å². The van der Waals surface area contributed by atoms with Gasteiger partial charge in [0.25, 0.3) is 5.91 Å². The van der Waals surface area contributed by atoms with E-state index in [1.165, 1.54) is 18.5 Å². The number of hydrogen-bond acceptors (Lipinski definition) is 4. The van der Waals surface area contributed by atoms with Crippen molar-refractivity contribution in [3.05, 3.63) is 47.9 Å². The Kier molecular flexibility index (Phi) is 6.17. The highest BCUT2D eigenvalue weighted by Gasteiger charge is 2.16. The highest BCUT2D eigenvalue weighted by molar-refractivity contribution is 6.03. The molecule has 5 nitrogen and oxygen atoms in total. The van der Waals surface area contributed by atoms with Crippen molar-refractivity contribution in [3.63, 3.8) is 0 Å². The van der Waals surface area contributed by atoms with Crippen molar-refractivity contribution in [3.8, 4) is 0 Å². The van der Waals surface area contributed by atoms with Gasteiger partial charge >= 0.3 is 0 Å². The van der Waals surface area contributed by atoms with Crippen LogP contribution in [0.1, 0.15) is 37.2 Å². The smallest absolute Gasteiger partial charge is 0.274 e. The molecule has 0 bridgehead atoms. The van der Waals surface area contributed by atoms with E-state index in [4.69, 9.17) is 0 Å². The van der Waals surface area contributed by atoms with Crippen molar-refractivity contribution in [2.75, 3.05) is 23.3 Å². The Morgan fingerprint density at radius 3 is 2.33 bits per heavy atom. The summed E-state index contributed by atoms with van der Waals surface area (Å²) in [4.78, 5) is 22.4. The van der Waals surface area contributed by atoms with Crippen molar-refractivity contribution >= 4 is 17.4 Å². The summed E-state index contributed by atoms with van der Waals surface area (Å²) in [7, 11) is 0. The molecule has 2 aromatic rings. The maximum absolute atomic E-state index is 13.6. The lowest BCUT2D eigenvalue weighted by atomic mass is 10.2. The van der Waals surface area contributed by atoms with Gasteiger partial charge in [-0.25, -0.2) is 18.7 Å². The van der Waals surface area contributed by atoms with Crippen LogP contribution in [0.25, 0.3) is 0 Å². The number of rotatable bonds is 7. The minimum atomic E-state index is -0.837. The average molecular weight is 334 g/mol. The van der Waals surface area contributed by atoms with Crippen LogP contribution in [0.4, 0.5) is 20.3 Å². The third-order valence-electron chi connectivity index (χ3n) is 3.40. The third-order valence-corrected chi connectivity index (χ3v) is 3.40. The van der Waals surface area contributed by atoms with E-state index in [9.17, 15) is 13.6 Å². The van der Waals surface area contributed by atoms with E-state index in [-0.39, 0.29) is 5.69 Å². The van der Waals surface area contributed by atoms with Gasteiger partial charge in [-0.2, -0.15) is 0 Å². The van der Waals surface area contributed by atoms with Crippen LogP contribution in [0.3, 0.4) is 0 Å². The second-order valence-corrected chi connectivity index (χ2v) is 5.30. The van der Waals surface area contributed by atoms with E-state index in [0.717, 1.165) is 38.1 Å². The number of carbonyl (C=O) groups excluding carboxylic acids is 1. The Morgan fingerprint density at radius 1 is 1.12 bits per heavy atom. The molecular weight excluding hydrogens is 314 g/mol. The molecule has 1 aromatic heterocycles. The quantitative estimate of drug-likeness (QED) is 0.840. The minimum absolute atomic E-state index is 0.0554. The summed E-state index contributed by atoms with van der Waals surface area (Å²) >= 11 is 0. The second-order valence-electron chi connectivity index (χ2n) is 5.30. The van der Waals surface area contributed by atoms with Gasteiger partial charge in [0.1, 0.15) is 35.2 Å². The summed E-state index contributed by atoms with van der Waals surface area (Å²) in [6.45, 7) is 5.71. The largest absolute Gasteiger partial charge is 0.357 e. The fraction of sp³-hybridized carbons (Fsp3) is 0.353. The average Bonchev–Trinajstić information content (AvgIpc) is 2.58. The van der Waals surface area contributed by atoms with Crippen molar-refractivity contribution in [2.45, 2.75) is 26.7 Å². The van der Waals surface area contributed by atoms with Crippen molar-refractivity contribution in [1.82, 2.24) is 9.97 Å². The van der Waals surface area contributed by atoms with Gasteiger partial charge in [0.15, 0.2) is 0 Å². The van der Waals surface area contributed by atoms with E-state index >= 15 is 0 Å². The Balaban J connectivity index is 2.22. The minimum Gasteiger partial charge on any atom is -0.357 e. The van der Waals surface area contributed by atoms with E-state index in [1.807, 2.05) is 4.90 Å². The molecule has 24 heavy (non-hydrogen) atoms. The molecule has 2 rings (SSSR count). The molecule has 0 atom stereocenters. The molecule has 0 aliphatic heterocycles. The van der Waals surface area contributed by atoms with Gasteiger partial charge in [-0.3, -0.25) is 4.79 Å². The van der Waals surface area contributed by atoms with Gasteiger partial charge < -0.3 is 10.2 Å². The first kappa shape index (κ1) is 17.8. The van der Waals surface area contributed by atoms with Gasteiger partial charge in [0, 0.05) is 19.2 Å². The number of nitrogens with one attached hydrogen (secondary N) is 1. The molecule has 0 aliphatic rings. The molecule has 0 spiro atoms. The topological polar surface area (TPSA) is 58.1 Å². The van der Waals surface area contributed by atoms with E-state index in [0.29, 0.717) is 5.82 Å². The number of para-hydroxylation sites is 1. The zero-order chi connectivity index (χ0) is 17.5. The first-order valence-electron chi connectivity index (χ1n) is 7.89. The summed E-state index contributed by atoms with van der Waals surface area (Å²) in [6.07, 6.45) is 3.15. The van der Waals surface area contributed by atoms with Crippen molar-refractivity contribution in [2.24, 2.45) is 0 Å². The van der Waals surface area contributed by atoms with E-state index < -0.39 is 23.2 Å². The molecule has 7 heteroatoms. The molecule has 1 heterocycles. The standard InChI is InChI=1S/C17H20F2N4O/c1-3-8-23(9-4-2)15-10-14(20-11-21-15)17(24)22-16-12(18)6-5-7-13(16)19/h5-7,10-11H,3-4,8-9H2,1-2H3,(H,22,24). The Bertz CT molecular complexity index is 682. The normalized spacial score (nSPS) is 10.5. The molecule has 0 fully saturated rings. The number of aromatic nitrogens is 2. The van der Waals surface area contributed by atoms with Crippen molar-refractivity contribution in [1.29, 1.82) is 0 Å². The van der Waals surface area contributed by atoms with Gasteiger partial charge in [-0.15, -0.1) is 0 Å². The molecule has 0 aliphatic carbocycles. The van der Waals surface area contributed by atoms with Crippen LogP contribution < -0.4 is 10.2 Å². The molecule has 0 radical (unpaired) electrons. The number of benzene rings is 1. The van der Waals surface area contributed by atoms with Crippen LogP contribution in [-0.4, -0.2) is 29.0 Å². The molecular formula is C17H20F2N4O. The van der Waals surface area contributed by atoms with Gasteiger partial charge in [0.2, 0.25) is 0 Å². The first-order valence-corrected chi connectivity index (χ1v) is 7.89. The molecule has 0 saturated heterocycles. The number of nitrogens with zero attached hydrogens (tertiary/aromatic N) is 3. The monoisotopic (exact) mass is 334 g/mol. The Hall–Kier alpha value is -2.57.